The Balaban J connectivity index is 1.37. The molecule has 1 aliphatic carbocycles. The zero-order valence-electron chi connectivity index (χ0n) is 17.9. The molecule has 2 fully saturated rings. The molecule has 2 N–H and O–H groups in total. The van der Waals surface area contributed by atoms with E-state index in [2.05, 4.69) is 20.6 Å². The van der Waals surface area contributed by atoms with Crippen LogP contribution in [0.15, 0.2) is 30.5 Å². The first-order valence-corrected chi connectivity index (χ1v) is 10.6. The quantitative estimate of drug-likeness (QED) is 0.723. The second-order valence-electron chi connectivity index (χ2n) is 8.17. The van der Waals surface area contributed by atoms with Crippen LogP contribution in [0.3, 0.4) is 0 Å². The number of carbonyl (C=O) groups is 3. The van der Waals surface area contributed by atoms with Gasteiger partial charge in [-0.25, -0.2) is 0 Å². The maximum absolute atomic E-state index is 12.8. The van der Waals surface area contributed by atoms with Crippen molar-refractivity contribution in [3.8, 4) is 0 Å². The van der Waals surface area contributed by atoms with Crippen molar-refractivity contribution < 1.29 is 14.4 Å². The first-order chi connectivity index (χ1) is 14.9. The topological polar surface area (TPSA) is 99.6 Å². The van der Waals surface area contributed by atoms with Crippen molar-refractivity contribution in [1.82, 2.24) is 24.9 Å². The summed E-state index contributed by atoms with van der Waals surface area (Å²) in [5.74, 6) is -0.0702. The second-order valence-corrected chi connectivity index (χ2v) is 8.17. The molecule has 1 aromatic heterocycles. The Hall–Kier alpha value is -3.20. The molecule has 0 spiro atoms. The number of aryl methyl sites for hydroxylation is 1. The molecular weight excluding hydrogens is 396 g/mol. The summed E-state index contributed by atoms with van der Waals surface area (Å²) in [4.78, 5) is 41.3. The third-order valence-corrected chi connectivity index (χ3v) is 5.73. The molecule has 2 aromatic rings. The van der Waals surface area contributed by atoms with Crippen LogP contribution in [-0.4, -0.2) is 70.5 Å². The number of anilines is 1. The lowest BCUT2D eigenvalue weighted by Gasteiger charge is -2.35. The summed E-state index contributed by atoms with van der Waals surface area (Å²) >= 11 is 0. The lowest BCUT2D eigenvalue weighted by molar-refractivity contribution is -0.134. The molecule has 2 aliphatic rings. The number of amides is 3. The lowest BCUT2D eigenvalue weighted by atomic mass is 10.1. The van der Waals surface area contributed by atoms with Crippen LogP contribution in [0.5, 0.6) is 0 Å². The fourth-order valence-electron chi connectivity index (χ4n) is 3.84. The van der Waals surface area contributed by atoms with Gasteiger partial charge in [0.05, 0.1) is 5.69 Å². The van der Waals surface area contributed by atoms with Crippen LogP contribution in [0.4, 0.5) is 5.69 Å². The number of rotatable bonds is 6. The van der Waals surface area contributed by atoms with Crippen molar-refractivity contribution >= 4 is 23.4 Å². The molecule has 2 heterocycles. The van der Waals surface area contributed by atoms with Gasteiger partial charge in [0, 0.05) is 64.5 Å². The minimum atomic E-state index is -0.357. The summed E-state index contributed by atoms with van der Waals surface area (Å²) in [6.07, 6.45) is 3.68. The van der Waals surface area contributed by atoms with Crippen molar-refractivity contribution in [2.45, 2.75) is 19.4 Å². The predicted octanol–water partition coefficient (Wildman–Crippen LogP) is 1.09. The molecule has 1 saturated carbocycles. The SMILES string of the molecule is CNC(=O)c1nn(C)cc1NC(=O)c1cccc(CN2CCN(C(=O)C3CC3)CC2)c1. The average molecular weight is 425 g/mol. The van der Waals surface area contributed by atoms with Gasteiger partial charge in [0.1, 0.15) is 0 Å². The van der Waals surface area contributed by atoms with Gasteiger partial charge in [0.2, 0.25) is 5.91 Å². The number of nitrogens with one attached hydrogen (secondary N) is 2. The fraction of sp³-hybridized carbons (Fsp3) is 0.455. The van der Waals surface area contributed by atoms with Gasteiger partial charge in [-0.3, -0.25) is 24.0 Å². The molecule has 9 heteroatoms. The zero-order chi connectivity index (χ0) is 22.0. The van der Waals surface area contributed by atoms with Gasteiger partial charge in [-0.15, -0.1) is 0 Å². The van der Waals surface area contributed by atoms with Crippen LogP contribution in [-0.2, 0) is 18.4 Å². The predicted molar refractivity (Wildman–Crippen MR) is 116 cm³/mol. The Morgan fingerprint density at radius 3 is 2.52 bits per heavy atom. The number of nitrogens with zero attached hydrogens (tertiary/aromatic N) is 4. The number of piperazine rings is 1. The monoisotopic (exact) mass is 424 g/mol. The molecule has 9 nitrogen and oxygen atoms in total. The van der Waals surface area contributed by atoms with E-state index >= 15 is 0 Å². The third-order valence-electron chi connectivity index (χ3n) is 5.73. The first-order valence-electron chi connectivity index (χ1n) is 10.6. The minimum Gasteiger partial charge on any atom is -0.354 e. The Kier molecular flexibility index (Phi) is 6.03. The smallest absolute Gasteiger partial charge is 0.273 e. The summed E-state index contributed by atoms with van der Waals surface area (Å²) in [6, 6.07) is 7.48. The molecule has 1 aliphatic heterocycles. The van der Waals surface area contributed by atoms with Crippen LogP contribution in [0.2, 0.25) is 0 Å². The summed E-state index contributed by atoms with van der Waals surface area (Å²) in [7, 11) is 3.22. The second kappa shape index (κ2) is 8.89. The van der Waals surface area contributed by atoms with Gasteiger partial charge >= 0.3 is 0 Å². The van der Waals surface area contributed by atoms with Crippen LogP contribution in [0, 0.1) is 5.92 Å². The molecule has 0 unspecified atom stereocenters. The van der Waals surface area contributed by atoms with Crippen molar-refractivity contribution in [2.75, 3.05) is 38.5 Å². The third kappa shape index (κ3) is 4.93. The van der Waals surface area contributed by atoms with Gasteiger partial charge in [-0.2, -0.15) is 5.10 Å². The van der Waals surface area contributed by atoms with Crippen molar-refractivity contribution in [3.05, 3.63) is 47.3 Å². The highest BCUT2D eigenvalue weighted by atomic mass is 16.2. The van der Waals surface area contributed by atoms with Crippen LogP contribution in [0.1, 0.15) is 39.3 Å². The Morgan fingerprint density at radius 1 is 1.10 bits per heavy atom. The van der Waals surface area contributed by atoms with Crippen LogP contribution < -0.4 is 10.6 Å². The molecule has 1 aromatic carbocycles. The number of hydrogen-bond acceptors (Lipinski definition) is 5. The molecule has 4 rings (SSSR count). The van der Waals surface area contributed by atoms with E-state index in [0.29, 0.717) is 17.2 Å². The van der Waals surface area contributed by atoms with E-state index in [-0.39, 0.29) is 23.4 Å². The van der Waals surface area contributed by atoms with E-state index < -0.39 is 0 Å². The number of benzene rings is 1. The van der Waals surface area contributed by atoms with Gasteiger partial charge in [0.25, 0.3) is 11.8 Å². The van der Waals surface area contributed by atoms with Crippen LogP contribution >= 0.6 is 0 Å². The number of carbonyl (C=O) groups excluding carboxylic acids is 3. The summed E-state index contributed by atoms with van der Waals surface area (Å²) in [5.41, 5.74) is 2.10. The molecule has 1 saturated heterocycles. The van der Waals surface area contributed by atoms with Gasteiger partial charge in [-0.1, -0.05) is 12.1 Å². The van der Waals surface area contributed by atoms with Gasteiger partial charge in [0.15, 0.2) is 5.69 Å². The van der Waals surface area contributed by atoms with E-state index in [4.69, 9.17) is 0 Å². The van der Waals surface area contributed by atoms with E-state index in [0.717, 1.165) is 51.1 Å². The highest BCUT2D eigenvalue weighted by Crippen LogP contribution is 2.31. The molecular formula is C22H28N6O3. The maximum Gasteiger partial charge on any atom is 0.273 e. The zero-order valence-corrected chi connectivity index (χ0v) is 17.9. The Bertz CT molecular complexity index is 989. The lowest BCUT2D eigenvalue weighted by Crippen LogP contribution is -2.48. The van der Waals surface area contributed by atoms with Crippen molar-refractivity contribution in [2.24, 2.45) is 13.0 Å². The minimum absolute atomic E-state index is 0.174. The van der Waals surface area contributed by atoms with E-state index in [1.165, 1.54) is 11.7 Å². The number of aromatic nitrogens is 2. The first kappa shape index (κ1) is 21.0. The standard InChI is InChI=1S/C22H28N6O3/c1-23-21(30)19-18(14-26(2)25-19)24-20(29)17-5-3-4-15(12-17)13-27-8-10-28(11-9-27)22(31)16-6-7-16/h3-5,12,14,16H,6-11,13H2,1-2H3,(H,23,30)(H,24,29). The maximum atomic E-state index is 12.8. The van der Waals surface area contributed by atoms with E-state index in [1.807, 2.05) is 23.1 Å². The molecule has 0 atom stereocenters. The summed E-state index contributed by atoms with van der Waals surface area (Å²) in [5, 5.41) is 9.43. The molecule has 0 bridgehead atoms. The van der Waals surface area contributed by atoms with Crippen molar-refractivity contribution in [1.29, 1.82) is 0 Å². The highest BCUT2D eigenvalue weighted by Gasteiger charge is 2.34. The molecule has 0 radical (unpaired) electrons. The van der Waals surface area contributed by atoms with E-state index in [1.54, 1.807) is 19.3 Å². The number of hydrogen-bond donors (Lipinski definition) is 2. The summed E-state index contributed by atoms with van der Waals surface area (Å²) < 4.78 is 1.49. The molecule has 31 heavy (non-hydrogen) atoms. The Labute approximate surface area is 181 Å². The summed E-state index contributed by atoms with van der Waals surface area (Å²) in [6.45, 7) is 3.92. The van der Waals surface area contributed by atoms with E-state index in [9.17, 15) is 14.4 Å². The molecule has 164 valence electrons. The highest BCUT2D eigenvalue weighted by molar-refractivity contribution is 6.08. The van der Waals surface area contributed by atoms with Crippen molar-refractivity contribution in [3.63, 3.8) is 0 Å². The fourth-order valence-corrected chi connectivity index (χ4v) is 3.84. The largest absolute Gasteiger partial charge is 0.354 e. The van der Waals surface area contributed by atoms with Crippen LogP contribution in [0.25, 0.3) is 0 Å². The normalized spacial score (nSPS) is 16.8. The molecule has 3 amide bonds. The van der Waals surface area contributed by atoms with Gasteiger partial charge < -0.3 is 15.5 Å². The van der Waals surface area contributed by atoms with Gasteiger partial charge in [-0.05, 0) is 30.5 Å². The Morgan fingerprint density at radius 2 is 1.84 bits per heavy atom. The average Bonchev–Trinajstić information content (AvgIpc) is 3.56.